The van der Waals surface area contributed by atoms with Gasteiger partial charge in [-0.3, -0.25) is 4.79 Å². The van der Waals surface area contributed by atoms with Crippen LogP contribution >= 0.6 is 12.4 Å². The highest BCUT2D eigenvalue weighted by Crippen LogP contribution is 2.29. The lowest BCUT2D eigenvalue weighted by molar-refractivity contribution is -0.143. The summed E-state index contributed by atoms with van der Waals surface area (Å²) >= 11 is 0. The number of aliphatic carboxylic acids is 1. The van der Waals surface area contributed by atoms with Crippen LogP contribution in [-0.2, 0) is 4.79 Å². The van der Waals surface area contributed by atoms with E-state index in [1.165, 1.54) is 57.9 Å². The lowest BCUT2D eigenvalue weighted by Crippen LogP contribution is -2.30. The number of hydrogen-bond acceptors (Lipinski definition) is 2. The zero-order chi connectivity index (χ0) is 16.2. The fourth-order valence-corrected chi connectivity index (χ4v) is 3.64. The van der Waals surface area contributed by atoms with Gasteiger partial charge in [0.2, 0.25) is 0 Å². The van der Waals surface area contributed by atoms with Crippen molar-refractivity contribution < 1.29 is 9.90 Å². The standard InChI is InChI=1S/C19H37NO2.ClH/c1-3-4-5-6-7-8-9-10-15-20(2)16-17-11-13-18(14-12-17)19(21)22;/h17-18H,3-16H2,1-2H3,(H,21,22);1H/t17-,18-;. The molecule has 1 aliphatic carbocycles. The molecule has 138 valence electrons. The molecule has 0 saturated heterocycles. The summed E-state index contributed by atoms with van der Waals surface area (Å²) in [7, 11) is 2.23. The van der Waals surface area contributed by atoms with E-state index in [-0.39, 0.29) is 18.3 Å². The van der Waals surface area contributed by atoms with Crippen LogP contribution in [0.1, 0.15) is 84.0 Å². The van der Waals surface area contributed by atoms with Crippen molar-refractivity contribution in [2.75, 3.05) is 20.1 Å². The molecule has 0 spiro atoms. The van der Waals surface area contributed by atoms with Gasteiger partial charge in [0.25, 0.3) is 0 Å². The van der Waals surface area contributed by atoms with Crippen molar-refractivity contribution in [3.63, 3.8) is 0 Å². The van der Waals surface area contributed by atoms with Gasteiger partial charge in [-0.2, -0.15) is 0 Å². The van der Waals surface area contributed by atoms with E-state index in [4.69, 9.17) is 5.11 Å². The first-order valence-corrected chi connectivity index (χ1v) is 9.54. The number of carboxylic acid groups (broad SMARTS) is 1. The second-order valence-corrected chi connectivity index (χ2v) is 7.29. The summed E-state index contributed by atoms with van der Waals surface area (Å²) in [6.45, 7) is 4.63. The van der Waals surface area contributed by atoms with E-state index in [9.17, 15) is 4.79 Å². The van der Waals surface area contributed by atoms with Crippen LogP contribution in [0.3, 0.4) is 0 Å². The molecule has 1 aliphatic rings. The second kappa shape index (κ2) is 14.1. The number of unbranched alkanes of at least 4 members (excludes halogenated alkanes) is 7. The molecule has 0 unspecified atom stereocenters. The zero-order valence-corrected chi connectivity index (χ0v) is 16.1. The van der Waals surface area contributed by atoms with Crippen LogP contribution in [0.4, 0.5) is 0 Å². The molecule has 4 heteroatoms. The minimum atomic E-state index is -0.592. The number of carbonyl (C=O) groups is 1. The highest BCUT2D eigenvalue weighted by molar-refractivity contribution is 5.85. The number of rotatable bonds is 12. The number of nitrogens with zero attached hydrogens (tertiary/aromatic N) is 1. The first kappa shape index (κ1) is 22.7. The van der Waals surface area contributed by atoms with Gasteiger partial charge in [-0.15, -0.1) is 12.4 Å². The van der Waals surface area contributed by atoms with Crippen molar-refractivity contribution in [2.45, 2.75) is 84.0 Å². The highest BCUT2D eigenvalue weighted by atomic mass is 35.5. The van der Waals surface area contributed by atoms with Gasteiger partial charge in [0.15, 0.2) is 0 Å². The predicted octanol–water partition coefficient (Wildman–Crippen LogP) is 5.37. The van der Waals surface area contributed by atoms with Crippen molar-refractivity contribution >= 4 is 18.4 Å². The molecule has 0 aromatic carbocycles. The molecule has 0 amide bonds. The Labute approximate surface area is 149 Å². The Morgan fingerprint density at radius 1 is 0.957 bits per heavy atom. The van der Waals surface area contributed by atoms with Crippen LogP contribution in [-0.4, -0.2) is 36.1 Å². The Kier molecular flexibility index (Phi) is 13.9. The van der Waals surface area contributed by atoms with Crippen LogP contribution < -0.4 is 0 Å². The van der Waals surface area contributed by atoms with Crippen LogP contribution in [0.25, 0.3) is 0 Å². The average molecular weight is 348 g/mol. The van der Waals surface area contributed by atoms with Crippen molar-refractivity contribution in [1.29, 1.82) is 0 Å². The van der Waals surface area contributed by atoms with Crippen molar-refractivity contribution in [3.8, 4) is 0 Å². The first-order valence-electron chi connectivity index (χ1n) is 9.54. The minimum absolute atomic E-state index is 0. The maximum atomic E-state index is 11.0. The Morgan fingerprint density at radius 3 is 2.00 bits per heavy atom. The third kappa shape index (κ3) is 11.0. The summed E-state index contributed by atoms with van der Waals surface area (Å²) in [4.78, 5) is 13.4. The Morgan fingerprint density at radius 2 is 1.48 bits per heavy atom. The van der Waals surface area contributed by atoms with Crippen LogP contribution in [0.5, 0.6) is 0 Å². The van der Waals surface area contributed by atoms with E-state index < -0.39 is 5.97 Å². The third-order valence-corrected chi connectivity index (χ3v) is 5.16. The van der Waals surface area contributed by atoms with Crippen LogP contribution in [0.15, 0.2) is 0 Å². The second-order valence-electron chi connectivity index (χ2n) is 7.29. The molecule has 1 rings (SSSR count). The van der Waals surface area contributed by atoms with Gasteiger partial charge in [0, 0.05) is 6.54 Å². The highest BCUT2D eigenvalue weighted by Gasteiger charge is 2.26. The molecule has 1 fully saturated rings. The molecular weight excluding hydrogens is 310 g/mol. The summed E-state index contributed by atoms with van der Waals surface area (Å²) in [6.07, 6.45) is 15.0. The quantitative estimate of drug-likeness (QED) is 0.482. The van der Waals surface area contributed by atoms with Crippen molar-refractivity contribution in [1.82, 2.24) is 4.90 Å². The van der Waals surface area contributed by atoms with Crippen LogP contribution in [0.2, 0.25) is 0 Å². The van der Waals surface area contributed by atoms with E-state index in [1.54, 1.807) is 0 Å². The number of halogens is 1. The Bertz CT molecular complexity index is 291. The average Bonchev–Trinajstić information content (AvgIpc) is 2.50. The molecule has 0 bridgehead atoms. The third-order valence-electron chi connectivity index (χ3n) is 5.16. The summed E-state index contributed by atoms with van der Waals surface area (Å²) < 4.78 is 0. The minimum Gasteiger partial charge on any atom is -0.481 e. The van der Waals surface area contributed by atoms with Gasteiger partial charge in [-0.1, -0.05) is 51.9 Å². The smallest absolute Gasteiger partial charge is 0.306 e. The monoisotopic (exact) mass is 347 g/mol. The fraction of sp³-hybridized carbons (Fsp3) is 0.947. The largest absolute Gasteiger partial charge is 0.481 e. The molecule has 0 radical (unpaired) electrons. The molecule has 0 aromatic heterocycles. The van der Waals surface area contributed by atoms with Gasteiger partial charge in [-0.05, 0) is 51.6 Å². The SMILES string of the molecule is CCCCCCCCCCN(C)C[C@H]1CC[C@H](C(=O)O)CC1.Cl. The van der Waals surface area contributed by atoms with E-state index >= 15 is 0 Å². The summed E-state index contributed by atoms with van der Waals surface area (Å²) in [5, 5.41) is 9.03. The van der Waals surface area contributed by atoms with E-state index in [0.717, 1.165) is 38.1 Å². The van der Waals surface area contributed by atoms with Gasteiger partial charge in [-0.25, -0.2) is 0 Å². The molecule has 1 N–H and O–H groups in total. The number of carboxylic acids is 1. The zero-order valence-electron chi connectivity index (χ0n) is 15.3. The van der Waals surface area contributed by atoms with E-state index in [2.05, 4.69) is 18.9 Å². The molecule has 3 nitrogen and oxygen atoms in total. The summed E-state index contributed by atoms with van der Waals surface area (Å²) in [6, 6.07) is 0. The normalized spacial score (nSPS) is 21.2. The van der Waals surface area contributed by atoms with E-state index in [1.807, 2.05) is 0 Å². The molecule has 0 heterocycles. The first-order chi connectivity index (χ1) is 10.6. The molecule has 0 atom stereocenters. The van der Waals surface area contributed by atoms with Gasteiger partial charge >= 0.3 is 5.97 Å². The molecular formula is C19H38ClNO2. The molecule has 0 aromatic rings. The lowest BCUT2D eigenvalue weighted by atomic mass is 9.82. The fourth-order valence-electron chi connectivity index (χ4n) is 3.64. The number of hydrogen-bond donors (Lipinski definition) is 1. The molecule has 23 heavy (non-hydrogen) atoms. The topological polar surface area (TPSA) is 40.5 Å². The van der Waals surface area contributed by atoms with Crippen LogP contribution in [0, 0.1) is 11.8 Å². The van der Waals surface area contributed by atoms with Crippen molar-refractivity contribution in [3.05, 3.63) is 0 Å². The van der Waals surface area contributed by atoms with Gasteiger partial charge in [0.05, 0.1) is 5.92 Å². The maximum absolute atomic E-state index is 11.0. The predicted molar refractivity (Wildman–Crippen MR) is 100 cm³/mol. The Balaban J connectivity index is 0.00000484. The summed E-state index contributed by atoms with van der Waals surface area (Å²) in [5.74, 6) is 0.0506. The van der Waals surface area contributed by atoms with Gasteiger partial charge in [0.1, 0.15) is 0 Å². The maximum Gasteiger partial charge on any atom is 0.306 e. The van der Waals surface area contributed by atoms with Crippen molar-refractivity contribution in [2.24, 2.45) is 11.8 Å². The lowest BCUT2D eigenvalue weighted by Gasteiger charge is -2.29. The molecule has 0 aliphatic heterocycles. The van der Waals surface area contributed by atoms with E-state index in [0.29, 0.717) is 0 Å². The molecule has 1 saturated carbocycles. The Hall–Kier alpha value is -0.280. The van der Waals surface area contributed by atoms with Gasteiger partial charge < -0.3 is 10.0 Å². The summed E-state index contributed by atoms with van der Waals surface area (Å²) in [5.41, 5.74) is 0.